The first-order chi connectivity index (χ1) is 15.2. The van der Waals surface area contributed by atoms with Crippen molar-refractivity contribution < 1.29 is 9.53 Å². The van der Waals surface area contributed by atoms with Gasteiger partial charge in [-0.25, -0.2) is 0 Å². The van der Waals surface area contributed by atoms with Gasteiger partial charge in [0.05, 0.1) is 18.7 Å². The molecule has 1 amide bonds. The number of carbonyl (C=O) groups is 1. The minimum atomic E-state index is -0.0696. The first-order valence-electron chi connectivity index (χ1n) is 11.0. The quantitative estimate of drug-likeness (QED) is 0.648. The molecule has 6 nitrogen and oxygen atoms in total. The molecule has 3 aromatic rings. The van der Waals surface area contributed by atoms with Crippen molar-refractivity contribution in [3.8, 4) is 17.0 Å². The largest absolute Gasteiger partial charge is 0.497 e. The van der Waals surface area contributed by atoms with E-state index >= 15 is 0 Å². The molecule has 6 heteroatoms. The van der Waals surface area contributed by atoms with E-state index in [4.69, 9.17) is 4.74 Å². The van der Waals surface area contributed by atoms with Gasteiger partial charge in [-0.05, 0) is 48.2 Å². The van der Waals surface area contributed by atoms with Crippen LogP contribution in [0.2, 0.25) is 0 Å². The lowest BCUT2D eigenvalue weighted by molar-refractivity contribution is -0.132. The van der Waals surface area contributed by atoms with Crippen molar-refractivity contribution in [3.05, 3.63) is 66.2 Å². The van der Waals surface area contributed by atoms with Crippen LogP contribution in [-0.2, 0) is 4.79 Å². The first kappa shape index (κ1) is 21.0. The summed E-state index contributed by atoms with van der Waals surface area (Å²) in [5.74, 6) is 1.92. The monoisotopic (exact) mass is 418 g/mol. The second-order valence-corrected chi connectivity index (χ2v) is 7.91. The fraction of sp³-hybridized carbons (Fsp3) is 0.360. The Hall–Kier alpha value is -3.28. The topological polar surface area (TPSA) is 61.5 Å². The van der Waals surface area contributed by atoms with Gasteiger partial charge in [-0.3, -0.25) is 9.89 Å². The molecule has 0 aliphatic carbocycles. The highest BCUT2D eigenvalue weighted by atomic mass is 16.5. The third-order valence-electron chi connectivity index (χ3n) is 6.01. The maximum absolute atomic E-state index is 13.2. The number of nitrogens with one attached hydrogen (secondary N) is 1. The van der Waals surface area contributed by atoms with Crippen molar-refractivity contribution in [1.82, 2.24) is 15.1 Å². The maximum Gasteiger partial charge on any atom is 0.230 e. The number of methoxy groups -OCH3 is 1. The Morgan fingerprint density at radius 3 is 2.55 bits per heavy atom. The molecule has 4 rings (SSSR count). The number of carbonyl (C=O) groups excluding carboxylic acids is 1. The Kier molecular flexibility index (Phi) is 6.55. The van der Waals surface area contributed by atoms with E-state index < -0.39 is 0 Å². The number of nitrogens with zero attached hydrogens (tertiary/aromatic N) is 3. The smallest absolute Gasteiger partial charge is 0.230 e. The number of anilines is 1. The molecule has 1 fully saturated rings. The Labute approximate surface area is 183 Å². The highest BCUT2D eigenvalue weighted by Crippen LogP contribution is 2.26. The maximum atomic E-state index is 13.2. The molecular formula is C25H30N4O2. The molecule has 1 unspecified atom stereocenters. The van der Waals surface area contributed by atoms with E-state index in [0.717, 1.165) is 60.9 Å². The number of amides is 1. The fourth-order valence-corrected chi connectivity index (χ4v) is 4.22. The van der Waals surface area contributed by atoms with Crippen molar-refractivity contribution in [2.45, 2.75) is 25.7 Å². The summed E-state index contributed by atoms with van der Waals surface area (Å²) in [5.41, 5.74) is 3.15. The standard InChI is InChI=1S/C25H30N4O2/c1-3-22(19-8-5-4-6-9-19)25(30)29-15-7-14-28(16-17-29)24-18-23(26-27-24)20-10-12-21(31-2)13-11-20/h4-6,8-13,18,22H,3,7,14-17H2,1-2H3,(H,26,27). The van der Waals surface area contributed by atoms with E-state index in [0.29, 0.717) is 6.54 Å². The zero-order chi connectivity index (χ0) is 21.6. The van der Waals surface area contributed by atoms with Gasteiger partial charge < -0.3 is 14.5 Å². The molecule has 0 saturated carbocycles. The number of benzene rings is 2. The summed E-state index contributed by atoms with van der Waals surface area (Å²) in [4.78, 5) is 17.5. The van der Waals surface area contributed by atoms with Gasteiger partial charge in [0.2, 0.25) is 5.91 Å². The highest BCUT2D eigenvalue weighted by Gasteiger charge is 2.26. The molecular weight excluding hydrogens is 388 g/mol. The van der Waals surface area contributed by atoms with Crippen LogP contribution in [-0.4, -0.2) is 54.3 Å². The zero-order valence-electron chi connectivity index (χ0n) is 18.3. The second-order valence-electron chi connectivity index (χ2n) is 7.91. The molecule has 1 aliphatic heterocycles. The third kappa shape index (κ3) is 4.74. The lowest BCUT2D eigenvalue weighted by Crippen LogP contribution is -2.38. The number of ether oxygens (including phenoxy) is 1. The van der Waals surface area contributed by atoms with Gasteiger partial charge in [-0.15, -0.1) is 0 Å². The number of aromatic nitrogens is 2. The van der Waals surface area contributed by atoms with Gasteiger partial charge >= 0.3 is 0 Å². The molecule has 1 saturated heterocycles. The van der Waals surface area contributed by atoms with Crippen molar-refractivity contribution in [1.29, 1.82) is 0 Å². The van der Waals surface area contributed by atoms with Gasteiger partial charge in [-0.1, -0.05) is 37.3 Å². The van der Waals surface area contributed by atoms with Crippen LogP contribution in [0.1, 0.15) is 31.2 Å². The number of aromatic amines is 1. The Morgan fingerprint density at radius 2 is 1.84 bits per heavy atom. The lowest BCUT2D eigenvalue weighted by Gasteiger charge is -2.26. The van der Waals surface area contributed by atoms with Crippen molar-refractivity contribution >= 4 is 11.7 Å². The average molecular weight is 419 g/mol. The average Bonchev–Trinajstić information content (AvgIpc) is 3.18. The van der Waals surface area contributed by atoms with Gasteiger partial charge in [0, 0.05) is 32.2 Å². The van der Waals surface area contributed by atoms with Crippen LogP contribution in [0.3, 0.4) is 0 Å². The van der Waals surface area contributed by atoms with Gasteiger partial charge in [0.1, 0.15) is 5.75 Å². The van der Waals surface area contributed by atoms with Crippen LogP contribution in [0, 0.1) is 0 Å². The van der Waals surface area contributed by atoms with Gasteiger partial charge in [0.15, 0.2) is 5.82 Å². The summed E-state index contributed by atoms with van der Waals surface area (Å²) in [6.07, 6.45) is 1.75. The zero-order valence-corrected chi connectivity index (χ0v) is 18.3. The molecule has 2 heterocycles. The minimum absolute atomic E-state index is 0.0696. The molecule has 1 aromatic heterocycles. The Balaban J connectivity index is 1.42. The second kappa shape index (κ2) is 9.69. The molecule has 0 spiro atoms. The van der Waals surface area contributed by atoms with E-state index in [1.807, 2.05) is 47.4 Å². The molecule has 31 heavy (non-hydrogen) atoms. The summed E-state index contributed by atoms with van der Waals surface area (Å²) >= 11 is 0. The Morgan fingerprint density at radius 1 is 1.06 bits per heavy atom. The van der Waals surface area contributed by atoms with Crippen LogP contribution in [0.5, 0.6) is 5.75 Å². The summed E-state index contributed by atoms with van der Waals surface area (Å²) < 4.78 is 5.24. The van der Waals surface area contributed by atoms with Crippen molar-refractivity contribution in [2.24, 2.45) is 0 Å². The minimum Gasteiger partial charge on any atom is -0.497 e. The molecule has 2 aromatic carbocycles. The van der Waals surface area contributed by atoms with E-state index in [2.05, 4.69) is 40.2 Å². The van der Waals surface area contributed by atoms with Crippen LogP contribution >= 0.6 is 0 Å². The summed E-state index contributed by atoms with van der Waals surface area (Å²) in [7, 11) is 1.67. The van der Waals surface area contributed by atoms with Crippen LogP contribution in [0.25, 0.3) is 11.3 Å². The molecule has 0 radical (unpaired) electrons. The Bertz CT molecular complexity index is 984. The summed E-state index contributed by atoms with van der Waals surface area (Å²) in [6.45, 7) is 5.26. The molecule has 162 valence electrons. The number of hydrogen-bond donors (Lipinski definition) is 1. The number of hydrogen-bond acceptors (Lipinski definition) is 4. The summed E-state index contributed by atoms with van der Waals surface area (Å²) in [6, 6.07) is 20.1. The van der Waals surface area contributed by atoms with Gasteiger partial charge in [0.25, 0.3) is 0 Å². The molecule has 1 N–H and O–H groups in total. The highest BCUT2D eigenvalue weighted by molar-refractivity contribution is 5.83. The van der Waals surface area contributed by atoms with Crippen LogP contribution in [0.4, 0.5) is 5.82 Å². The van der Waals surface area contributed by atoms with Crippen molar-refractivity contribution in [3.63, 3.8) is 0 Å². The lowest BCUT2D eigenvalue weighted by atomic mass is 9.95. The molecule has 1 aliphatic rings. The molecule has 0 bridgehead atoms. The summed E-state index contributed by atoms with van der Waals surface area (Å²) in [5, 5.41) is 7.68. The van der Waals surface area contributed by atoms with E-state index in [-0.39, 0.29) is 11.8 Å². The van der Waals surface area contributed by atoms with Gasteiger partial charge in [-0.2, -0.15) is 5.10 Å². The molecule has 1 atom stereocenters. The number of H-pyrrole nitrogens is 1. The third-order valence-corrected chi connectivity index (χ3v) is 6.01. The van der Waals surface area contributed by atoms with Crippen LogP contribution < -0.4 is 9.64 Å². The van der Waals surface area contributed by atoms with E-state index in [1.54, 1.807) is 7.11 Å². The predicted molar refractivity (Wildman–Crippen MR) is 123 cm³/mol. The normalized spacial score (nSPS) is 15.4. The number of rotatable bonds is 6. The van der Waals surface area contributed by atoms with E-state index in [9.17, 15) is 4.79 Å². The first-order valence-corrected chi connectivity index (χ1v) is 11.0. The fourth-order valence-electron chi connectivity index (χ4n) is 4.22. The SMILES string of the molecule is CCC(C(=O)N1CCCN(c2cc(-c3ccc(OC)cc3)[nH]n2)CC1)c1ccccc1. The van der Waals surface area contributed by atoms with Crippen LogP contribution in [0.15, 0.2) is 60.7 Å². The van der Waals surface area contributed by atoms with E-state index in [1.165, 1.54) is 0 Å². The van der Waals surface area contributed by atoms with Crippen molar-refractivity contribution in [2.75, 3.05) is 38.2 Å². The predicted octanol–water partition coefficient (Wildman–Crippen LogP) is 4.32.